The van der Waals surface area contributed by atoms with Crippen LogP contribution in [0.4, 0.5) is 4.39 Å². The maximum Gasteiger partial charge on any atom is 0.246 e. The third-order valence-electron chi connectivity index (χ3n) is 3.67. The zero-order valence-corrected chi connectivity index (χ0v) is 11.9. The average Bonchev–Trinajstić information content (AvgIpc) is 2.40. The van der Waals surface area contributed by atoms with Crippen LogP contribution in [0.5, 0.6) is 0 Å². The molecule has 1 N–H and O–H groups in total. The minimum Gasteiger partial charge on any atom is -0.343 e. The van der Waals surface area contributed by atoms with Crippen LogP contribution < -0.4 is 5.32 Å². The summed E-state index contributed by atoms with van der Waals surface area (Å²) in [4.78, 5) is 25.6. The molecule has 1 heterocycles. The molecule has 5 heteroatoms. The third-order valence-corrected chi connectivity index (χ3v) is 3.67. The number of carbonyl (C=O) groups is 2. The van der Waals surface area contributed by atoms with Gasteiger partial charge in [-0.15, -0.1) is 0 Å². The predicted octanol–water partition coefficient (Wildman–Crippen LogP) is 1.87. The fourth-order valence-electron chi connectivity index (χ4n) is 2.45. The van der Waals surface area contributed by atoms with E-state index in [2.05, 4.69) is 5.32 Å². The van der Waals surface area contributed by atoms with Gasteiger partial charge in [-0.25, -0.2) is 4.39 Å². The van der Waals surface area contributed by atoms with Crippen molar-refractivity contribution in [2.75, 3.05) is 6.54 Å². The van der Waals surface area contributed by atoms with Gasteiger partial charge in [0, 0.05) is 5.56 Å². The highest BCUT2D eigenvalue weighted by atomic mass is 19.1. The summed E-state index contributed by atoms with van der Waals surface area (Å²) in [6, 6.07) is 5.34. The number of nitrogens with zero attached hydrogens (tertiary/aromatic N) is 1. The lowest BCUT2D eigenvalue weighted by atomic mass is 9.98. The SMILES string of the molecule is CC(C)C1NC(=O)CN(C(C)c2ccccc2F)C1=O. The Morgan fingerprint density at radius 1 is 1.25 bits per heavy atom. The van der Waals surface area contributed by atoms with Gasteiger partial charge in [-0.3, -0.25) is 9.59 Å². The lowest BCUT2D eigenvalue weighted by Crippen LogP contribution is -2.60. The number of halogens is 1. The lowest BCUT2D eigenvalue weighted by Gasteiger charge is -2.38. The summed E-state index contributed by atoms with van der Waals surface area (Å²) >= 11 is 0. The number of piperazine rings is 1. The summed E-state index contributed by atoms with van der Waals surface area (Å²) in [5, 5.41) is 2.69. The van der Waals surface area contributed by atoms with Crippen molar-refractivity contribution in [1.82, 2.24) is 10.2 Å². The van der Waals surface area contributed by atoms with Gasteiger partial charge in [0.2, 0.25) is 11.8 Å². The first-order chi connectivity index (χ1) is 9.41. The van der Waals surface area contributed by atoms with E-state index in [0.29, 0.717) is 5.56 Å². The maximum absolute atomic E-state index is 13.8. The molecular formula is C15H19FN2O2. The molecule has 1 aliphatic rings. The second-order valence-corrected chi connectivity index (χ2v) is 5.45. The highest BCUT2D eigenvalue weighted by Gasteiger charge is 2.37. The first-order valence-corrected chi connectivity index (χ1v) is 6.76. The smallest absolute Gasteiger partial charge is 0.246 e. The van der Waals surface area contributed by atoms with Crippen LogP contribution in [0.2, 0.25) is 0 Å². The quantitative estimate of drug-likeness (QED) is 0.917. The van der Waals surface area contributed by atoms with E-state index in [1.807, 2.05) is 13.8 Å². The number of hydrogen-bond acceptors (Lipinski definition) is 2. The van der Waals surface area contributed by atoms with E-state index < -0.39 is 12.1 Å². The maximum atomic E-state index is 13.8. The van der Waals surface area contributed by atoms with Gasteiger partial charge in [0.15, 0.2) is 0 Å². The predicted molar refractivity (Wildman–Crippen MR) is 73.3 cm³/mol. The van der Waals surface area contributed by atoms with Gasteiger partial charge < -0.3 is 10.2 Å². The van der Waals surface area contributed by atoms with Crippen molar-refractivity contribution in [3.05, 3.63) is 35.6 Å². The van der Waals surface area contributed by atoms with E-state index >= 15 is 0 Å². The van der Waals surface area contributed by atoms with Crippen LogP contribution in [0.3, 0.4) is 0 Å². The molecular weight excluding hydrogens is 259 g/mol. The molecule has 1 fully saturated rings. The molecule has 1 aliphatic heterocycles. The highest BCUT2D eigenvalue weighted by molar-refractivity contribution is 5.95. The van der Waals surface area contributed by atoms with Crippen LogP contribution in [0, 0.1) is 11.7 Å². The summed E-state index contributed by atoms with van der Waals surface area (Å²) in [5.74, 6) is -0.719. The molecule has 2 atom stereocenters. The standard InChI is InChI=1S/C15H19FN2O2/c1-9(2)14-15(20)18(8-13(19)17-14)10(3)11-6-4-5-7-12(11)16/h4-7,9-10,14H,8H2,1-3H3,(H,17,19). The Morgan fingerprint density at radius 3 is 2.50 bits per heavy atom. The molecule has 2 unspecified atom stereocenters. The third kappa shape index (κ3) is 2.66. The van der Waals surface area contributed by atoms with Gasteiger partial charge in [-0.05, 0) is 18.9 Å². The van der Waals surface area contributed by atoms with Crippen molar-refractivity contribution in [3.63, 3.8) is 0 Å². The zero-order valence-electron chi connectivity index (χ0n) is 11.9. The van der Waals surface area contributed by atoms with Gasteiger partial charge in [0.25, 0.3) is 0 Å². The minimum absolute atomic E-state index is 0.00192. The molecule has 0 radical (unpaired) electrons. The number of hydrogen-bond donors (Lipinski definition) is 1. The average molecular weight is 278 g/mol. The molecule has 1 aromatic carbocycles. The Hall–Kier alpha value is -1.91. The second-order valence-electron chi connectivity index (χ2n) is 5.45. The Morgan fingerprint density at radius 2 is 1.90 bits per heavy atom. The van der Waals surface area contributed by atoms with E-state index in [4.69, 9.17) is 0 Å². The second kappa shape index (κ2) is 5.61. The van der Waals surface area contributed by atoms with E-state index in [9.17, 15) is 14.0 Å². The number of benzene rings is 1. The largest absolute Gasteiger partial charge is 0.343 e. The van der Waals surface area contributed by atoms with Crippen molar-refractivity contribution in [3.8, 4) is 0 Å². The fraction of sp³-hybridized carbons (Fsp3) is 0.467. The summed E-state index contributed by atoms with van der Waals surface area (Å²) in [5.41, 5.74) is 0.429. The van der Waals surface area contributed by atoms with E-state index in [1.165, 1.54) is 11.0 Å². The summed E-state index contributed by atoms with van der Waals surface area (Å²) in [7, 11) is 0. The molecule has 2 rings (SSSR count). The first kappa shape index (κ1) is 14.5. The summed E-state index contributed by atoms with van der Waals surface area (Å²) < 4.78 is 13.8. The molecule has 1 saturated heterocycles. The van der Waals surface area contributed by atoms with Crippen LogP contribution >= 0.6 is 0 Å². The molecule has 0 saturated carbocycles. The van der Waals surface area contributed by atoms with Crippen LogP contribution in [0.1, 0.15) is 32.4 Å². The van der Waals surface area contributed by atoms with Crippen molar-refractivity contribution >= 4 is 11.8 Å². The van der Waals surface area contributed by atoms with E-state index in [-0.39, 0.29) is 30.1 Å². The van der Waals surface area contributed by atoms with E-state index in [0.717, 1.165) is 0 Å². The van der Waals surface area contributed by atoms with E-state index in [1.54, 1.807) is 25.1 Å². The van der Waals surface area contributed by atoms with Gasteiger partial charge in [-0.2, -0.15) is 0 Å². The van der Waals surface area contributed by atoms with Crippen LogP contribution in [0.15, 0.2) is 24.3 Å². The summed E-state index contributed by atoms with van der Waals surface area (Å²) in [6.45, 7) is 5.46. The minimum atomic E-state index is -0.537. The van der Waals surface area contributed by atoms with Crippen molar-refractivity contribution in [2.45, 2.75) is 32.9 Å². The van der Waals surface area contributed by atoms with Gasteiger partial charge in [0.1, 0.15) is 18.4 Å². The number of carbonyl (C=O) groups excluding carboxylic acids is 2. The molecule has 1 aromatic rings. The van der Waals surface area contributed by atoms with Gasteiger partial charge in [0.05, 0.1) is 6.04 Å². The Kier molecular flexibility index (Phi) is 4.06. The van der Waals surface area contributed by atoms with Crippen LogP contribution in [-0.4, -0.2) is 29.3 Å². The Balaban J connectivity index is 2.29. The number of rotatable bonds is 3. The Bertz CT molecular complexity index is 530. The Labute approximate surface area is 118 Å². The lowest BCUT2D eigenvalue weighted by molar-refractivity contribution is -0.147. The van der Waals surface area contributed by atoms with Gasteiger partial charge >= 0.3 is 0 Å². The monoisotopic (exact) mass is 278 g/mol. The number of amides is 2. The van der Waals surface area contributed by atoms with Crippen molar-refractivity contribution in [2.24, 2.45) is 5.92 Å². The topological polar surface area (TPSA) is 49.4 Å². The number of nitrogens with one attached hydrogen (secondary N) is 1. The molecule has 0 aliphatic carbocycles. The molecule has 0 aromatic heterocycles. The normalized spacial score (nSPS) is 21.1. The molecule has 0 spiro atoms. The summed E-state index contributed by atoms with van der Waals surface area (Å²) in [6.07, 6.45) is 0. The molecule has 4 nitrogen and oxygen atoms in total. The van der Waals surface area contributed by atoms with Crippen molar-refractivity contribution < 1.29 is 14.0 Å². The molecule has 20 heavy (non-hydrogen) atoms. The van der Waals surface area contributed by atoms with Crippen LogP contribution in [-0.2, 0) is 9.59 Å². The van der Waals surface area contributed by atoms with Crippen LogP contribution in [0.25, 0.3) is 0 Å². The van der Waals surface area contributed by atoms with Crippen molar-refractivity contribution in [1.29, 1.82) is 0 Å². The molecule has 108 valence electrons. The first-order valence-electron chi connectivity index (χ1n) is 6.76. The van der Waals surface area contributed by atoms with Gasteiger partial charge in [-0.1, -0.05) is 32.0 Å². The molecule has 2 amide bonds. The molecule has 0 bridgehead atoms. The zero-order chi connectivity index (χ0) is 14.9. The highest BCUT2D eigenvalue weighted by Crippen LogP contribution is 2.25. The fourth-order valence-corrected chi connectivity index (χ4v) is 2.45.